The molecule has 194 valence electrons. The summed E-state index contributed by atoms with van der Waals surface area (Å²) in [5.74, 6) is -1.48. The number of fused-ring (bicyclic) bond motifs is 1. The maximum atomic E-state index is 9.86. The van der Waals surface area contributed by atoms with E-state index in [4.69, 9.17) is 23.9 Å². The maximum Gasteiger partial charge on any atom is 0.261 e. The third-order valence-corrected chi connectivity index (χ3v) is 12.0. The van der Waals surface area contributed by atoms with Gasteiger partial charge in [-0.2, -0.15) is 10.5 Å². The molecule has 2 unspecified atom stereocenters. The molecule has 2 aliphatic heterocycles. The molecule has 4 rings (SSSR count). The lowest BCUT2D eigenvalue weighted by atomic mass is 9.98. The van der Waals surface area contributed by atoms with Crippen molar-refractivity contribution in [3.63, 3.8) is 0 Å². The van der Waals surface area contributed by atoms with E-state index in [1.54, 1.807) is 0 Å². The molecule has 2 aliphatic rings. The molecule has 2 saturated heterocycles. The van der Waals surface area contributed by atoms with Crippen molar-refractivity contribution in [2.75, 3.05) is 13.2 Å². The summed E-state index contributed by atoms with van der Waals surface area (Å²) in [6, 6.07) is 25.1. The van der Waals surface area contributed by atoms with Gasteiger partial charge in [0.1, 0.15) is 36.9 Å². The fourth-order valence-corrected chi connectivity index (χ4v) is 10.1. The first-order valence-corrected chi connectivity index (χ1v) is 14.6. The van der Waals surface area contributed by atoms with Crippen LogP contribution in [0.1, 0.15) is 34.6 Å². The second-order valence-corrected chi connectivity index (χ2v) is 15.3. The molecule has 0 bridgehead atoms. The van der Waals surface area contributed by atoms with Crippen LogP contribution in [0.3, 0.4) is 0 Å². The van der Waals surface area contributed by atoms with Crippen molar-refractivity contribution in [2.24, 2.45) is 10.9 Å². The van der Waals surface area contributed by atoms with Crippen LogP contribution in [0.5, 0.6) is 0 Å². The summed E-state index contributed by atoms with van der Waals surface area (Å²) in [4.78, 5) is 4.07. The molecule has 0 radical (unpaired) electrons. The normalized spacial score (nSPS) is 25.9. The Hall–Kier alpha value is -2.85. The van der Waals surface area contributed by atoms with Gasteiger partial charge in [0.25, 0.3) is 8.32 Å². The minimum Gasteiger partial charge on any atom is -0.405 e. The van der Waals surface area contributed by atoms with E-state index in [1.807, 2.05) is 32.0 Å². The van der Waals surface area contributed by atoms with E-state index in [0.29, 0.717) is 0 Å². The average molecular weight is 518 g/mol. The van der Waals surface area contributed by atoms with Crippen LogP contribution >= 0.6 is 0 Å². The first kappa shape index (κ1) is 27.2. The zero-order valence-electron chi connectivity index (χ0n) is 22.1. The Bertz CT molecular complexity index is 1130. The molecule has 0 N–H and O–H groups in total. The van der Waals surface area contributed by atoms with Crippen molar-refractivity contribution < 1.29 is 18.6 Å². The van der Waals surface area contributed by atoms with Gasteiger partial charge in [-0.3, -0.25) is 4.99 Å². The van der Waals surface area contributed by atoms with Crippen molar-refractivity contribution in [2.45, 2.75) is 69.9 Å². The zero-order valence-corrected chi connectivity index (χ0v) is 23.1. The number of rotatable bonds is 8. The largest absolute Gasteiger partial charge is 0.405 e. The first-order chi connectivity index (χ1) is 17.6. The van der Waals surface area contributed by atoms with Gasteiger partial charge in [0, 0.05) is 6.21 Å². The molecule has 0 aliphatic carbocycles. The van der Waals surface area contributed by atoms with Gasteiger partial charge in [0.15, 0.2) is 5.79 Å². The Morgan fingerprint density at radius 1 is 1.00 bits per heavy atom. The molecule has 0 saturated carbocycles. The maximum absolute atomic E-state index is 9.86. The van der Waals surface area contributed by atoms with Gasteiger partial charge in [0.05, 0.1) is 18.7 Å². The molecule has 5 atom stereocenters. The van der Waals surface area contributed by atoms with Gasteiger partial charge < -0.3 is 18.6 Å². The highest BCUT2D eigenvalue weighted by Crippen LogP contribution is 2.42. The minimum atomic E-state index is -2.78. The number of nitriles is 2. The summed E-state index contributed by atoms with van der Waals surface area (Å²) in [6.45, 7) is 10.7. The summed E-state index contributed by atoms with van der Waals surface area (Å²) >= 11 is 0. The van der Waals surface area contributed by atoms with Crippen molar-refractivity contribution >= 4 is 24.9 Å². The lowest BCUT2D eigenvalue weighted by molar-refractivity contribution is -0.190. The molecule has 0 spiro atoms. The van der Waals surface area contributed by atoms with Crippen molar-refractivity contribution in [1.82, 2.24) is 0 Å². The van der Waals surface area contributed by atoms with E-state index in [2.05, 4.69) is 80.4 Å². The highest BCUT2D eigenvalue weighted by molar-refractivity contribution is 6.99. The predicted molar refractivity (Wildman–Crippen MR) is 144 cm³/mol. The van der Waals surface area contributed by atoms with Gasteiger partial charge in [-0.1, -0.05) is 81.4 Å². The molecule has 7 nitrogen and oxygen atoms in total. The van der Waals surface area contributed by atoms with Crippen molar-refractivity contribution in [3.8, 4) is 12.1 Å². The fraction of sp³-hybridized carbons (Fsp3) is 0.483. The van der Waals surface area contributed by atoms with E-state index in [9.17, 15) is 5.26 Å². The molecule has 2 aromatic carbocycles. The summed E-state index contributed by atoms with van der Waals surface area (Å²) in [5, 5.41) is 20.9. The van der Waals surface area contributed by atoms with Gasteiger partial charge >= 0.3 is 0 Å². The summed E-state index contributed by atoms with van der Waals surface area (Å²) in [6.07, 6.45) is -0.352. The molecule has 8 heteroatoms. The molecule has 0 amide bonds. The topological polar surface area (TPSA) is 96.9 Å². The molecular weight excluding hydrogens is 482 g/mol. The van der Waals surface area contributed by atoms with Crippen LogP contribution in [-0.2, 0) is 18.6 Å². The van der Waals surface area contributed by atoms with Gasteiger partial charge in [-0.25, -0.2) is 0 Å². The van der Waals surface area contributed by atoms with Crippen LogP contribution in [0.25, 0.3) is 0 Å². The smallest absolute Gasteiger partial charge is 0.261 e. The van der Waals surface area contributed by atoms with Crippen molar-refractivity contribution in [1.29, 1.82) is 10.5 Å². The predicted octanol–water partition coefficient (Wildman–Crippen LogP) is 3.58. The monoisotopic (exact) mass is 517 g/mol. The average Bonchev–Trinajstić information content (AvgIpc) is 3.36. The zero-order chi connectivity index (χ0) is 26.7. The fourth-order valence-electron chi connectivity index (χ4n) is 5.51. The Morgan fingerprint density at radius 2 is 1.57 bits per heavy atom. The number of nitrogens with zero attached hydrogens (tertiary/aromatic N) is 3. The molecule has 2 aromatic rings. The third-order valence-electron chi connectivity index (χ3n) is 7.00. The van der Waals surface area contributed by atoms with Crippen LogP contribution in [-0.4, -0.2) is 57.9 Å². The third kappa shape index (κ3) is 5.40. The lowest BCUT2D eigenvalue weighted by Crippen LogP contribution is -2.67. The van der Waals surface area contributed by atoms with Crippen LogP contribution in [0.2, 0.25) is 5.04 Å². The summed E-state index contributed by atoms with van der Waals surface area (Å²) < 4.78 is 26.0. The van der Waals surface area contributed by atoms with Crippen LogP contribution in [0.15, 0.2) is 65.7 Å². The molecule has 2 heterocycles. The molecular formula is C29H35N3O4Si. The Labute approximate surface area is 220 Å². The number of ether oxygens (including phenoxy) is 3. The standard InChI is InChI=1S/C29H35N3O4Si/c1-28(2,3)37(22-12-8-6-9-13-22,23-14-10-7-11-15-23)33-20-24-26-27(36-29(4,5)35-26)25(34-24)21(18-31)19-32-17-16-30/h6-15,19,21,24-27H,17,20H2,1-5H3/t21?,24-,25?,26-,27+/m1/s1. The van der Waals surface area contributed by atoms with Crippen LogP contribution < -0.4 is 10.4 Å². The highest BCUT2D eigenvalue weighted by atomic mass is 28.4. The summed E-state index contributed by atoms with van der Waals surface area (Å²) in [7, 11) is -2.78. The van der Waals surface area contributed by atoms with Gasteiger partial charge in [0.2, 0.25) is 0 Å². The van der Waals surface area contributed by atoms with Crippen LogP contribution in [0.4, 0.5) is 0 Å². The highest BCUT2D eigenvalue weighted by Gasteiger charge is 2.58. The van der Waals surface area contributed by atoms with E-state index in [0.717, 1.165) is 0 Å². The van der Waals surface area contributed by atoms with Gasteiger partial charge in [-0.15, -0.1) is 0 Å². The summed E-state index contributed by atoms with van der Waals surface area (Å²) in [5.41, 5.74) is 0. The SMILES string of the molecule is CC1(C)O[C@@H]2[C@@H](CO[Si](c3ccccc3)(c3ccccc3)C(C)(C)C)OC(C(C#N)C=NCC#N)[C@@H]2O1. The Morgan fingerprint density at radius 3 is 2.08 bits per heavy atom. The Kier molecular flexibility index (Phi) is 7.98. The van der Waals surface area contributed by atoms with Crippen LogP contribution in [0, 0.1) is 28.6 Å². The first-order valence-electron chi connectivity index (χ1n) is 12.7. The van der Waals surface area contributed by atoms with E-state index in [-0.39, 0.29) is 18.2 Å². The molecule has 2 fully saturated rings. The second kappa shape index (κ2) is 10.9. The number of hydrogen-bond acceptors (Lipinski definition) is 7. The lowest BCUT2D eigenvalue weighted by Gasteiger charge is -2.43. The van der Waals surface area contributed by atoms with E-state index >= 15 is 0 Å². The minimum absolute atomic E-state index is 0.0117. The number of aliphatic imine (C=N–C) groups is 1. The second-order valence-electron chi connectivity index (χ2n) is 11.0. The Balaban J connectivity index is 1.68. The van der Waals surface area contributed by atoms with E-state index < -0.39 is 44.4 Å². The van der Waals surface area contributed by atoms with E-state index in [1.165, 1.54) is 16.6 Å². The molecule has 37 heavy (non-hydrogen) atoms. The quantitative estimate of drug-likeness (QED) is 0.302. The number of hydrogen-bond donors (Lipinski definition) is 0. The molecule has 0 aromatic heterocycles. The van der Waals surface area contributed by atoms with Gasteiger partial charge in [-0.05, 0) is 29.3 Å². The number of benzene rings is 2. The van der Waals surface area contributed by atoms with Crippen molar-refractivity contribution in [3.05, 3.63) is 60.7 Å².